The van der Waals surface area contributed by atoms with Crippen molar-refractivity contribution in [3.8, 4) is 0 Å². The van der Waals surface area contributed by atoms with Crippen LogP contribution in [0.2, 0.25) is 0 Å². The zero-order valence-electron chi connectivity index (χ0n) is 5.43. The van der Waals surface area contributed by atoms with Crippen LogP contribution >= 0.6 is 0 Å². The molecule has 0 aromatic rings. The van der Waals surface area contributed by atoms with Crippen LogP contribution in [0.25, 0.3) is 0 Å². The van der Waals surface area contributed by atoms with Gasteiger partial charge in [-0.25, -0.2) is 0 Å². The molecule has 8 heavy (non-hydrogen) atoms. The molecule has 1 aliphatic rings. The lowest BCUT2D eigenvalue weighted by atomic mass is 9.89. The molecule has 1 saturated carbocycles. The van der Waals surface area contributed by atoms with Crippen LogP contribution in [-0.2, 0) is 0 Å². The number of hydrogen-bond donors (Lipinski definition) is 1. The Labute approximate surface area is 50.7 Å². The van der Waals surface area contributed by atoms with Gasteiger partial charge in [-0.05, 0) is 18.8 Å². The van der Waals surface area contributed by atoms with E-state index in [0.29, 0.717) is 0 Å². The summed E-state index contributed by atoms with van der Waals surface area (Å²) in [4.78, 5) is 0. The fraction of sp³-hybridized carbons (Fsp3) is 1.00. The summed E-state index contributed by atoms with van der Waals surface area (Å²) >= 11 is 0. The molecule has 0 heterocycles. The van der Waals surface area contributed by atoms with Gasteiger partial charge >= 0.3 is 0 Å². The summed E-state index contributed by atoms with van der Waals surface area (Å²) in [5.74, 6) is 0.763. The highest BCUT2D eigenvalue weighted by Crippen LogP contribution is 2.22. The maximum Gasteiger partial charge on any atom is 0.0542 e. The van der Waals surface area contributed by atoms with Gasteiger partial charge in [0.2, 0.25) is 0 Å². The van der Waals surface area contributed by atoms with Gasteiger partial charge in [0.1, 0.15) is 0 Å². The van der Waals surface area contributed by atoms with Crippen molar-refractivity contribution in [2.45, 2.75) is 38.7 Å². The van der Waals surface area contributed by atoms with Crippen molar-refractivity contribution >= 4 is 0 Å². The van der Waals surface area contributed by atoms with Crippen molar-refractivity contribution in [2.75, 3.05) is 0 Å². The number of aliphatic hydroxyl groups is 1. The van der Waals surface area contributed by atoms with Crippen LogP contribution in [0.5, 0.6) is 0 Å². The molecule has 0 aromatic heterocycles. The topological polar surface area (TPSA) is 20.2 Å². The number of hydrogen-bond acceptors (Lipinski definition) is 1. The molecule has 1 aliphatic carbocycles. The molecule has 1 nitrogen and oxygen atoms in total. The quantitative estimate of drug-likeness (QED) is 0.506. The van der Waals surface area contributed by atoms with Gasteiger partial charge in [-0.1, -0.05) is 19.8 Å². The van der Waals surface area contributed by atoms with Gasteiger partial charge in [0.15, 0.2) is 0 Å². The molecule has 0 radical (unpaired) electrons. The molecule has 0 spiro atoms. The molecule has 0 amide bonds. The normalized spacial score (nSPS) is 39.8. The highest BCUT2D eigenvalue weighted by molar-refractivity contribution is 4.67. The van der Waals surface area contributed by atoms with Gasteiger partial charge < -0.3 is 5.11 Å². The van der Waals surface area contributed by atoms with E-state index in [1.54, 1.807) is 0 Å². The predicted molar refractivity (Wildman–Crippen MR) is 33.6 cm³/mol. The standard InChI is InChI=1S/C7H14O/c1-6-3-2-4-7(8)5-6/h6-8H,2-5H2,1H3/t6-,7+/m0/s1. The van der Waals surface area contributed by atoms with Crippen LogP contribution in [0.15, 0.2) is 0 Å². The zero-order chi connectivity index (χ0) is 5.98. The molecule has 0 saturated heterocycles. The minimum absolute atomic E-state index is 0.0127. The summed E-state index contributed by atoms with van der Waals surface area (Å²) in [6, 6.07) is 0. The molecule has 0 unspecified atom stereocenters. The SMILES string of the molecule is C[C@H]1CCC[C@@H](O)C1. The summed E-state index contributed by atoms with van der Waals surface area (Å²) in [6.07, 6.45) is 4.61. The van der Waals surface area contributed by atoms with Crippen LogP contribution in [0.4, 0.5) is 0 Å². The van der Waals surface area contributed by atoms with E-state index in [4.69, 9.17) is 5.11 Å². The highest BCUT2D eigenvalue weighted by Gasteiger charge is 2.15. The zero-order valence-corrected chi connectivity index (χ0v) is 5.43. The van der Waals surface area contributed by atoms with E-state index in [9.17, 15) is 0 Å². The summed E-state index contributed by atoms with van der Waals surface area (Å²) in [5, 5.41) is 9.08. The second-order valence-corrected chi connectivity index (χ2v) is 2.93. The molecule has 2 atom stereocenters. The Bertz CT molecular complexity index is 62.8. The fourth-order valence-corrected chi connectivity index (χ4v) is 1.40. The number of rotatable bonds is 0. The molecule has 0 aromatic carbocycles. The van der Waals surface area contributed by atoms with Gasteiger partial charge in [-0.15, -0.1) is 0 Å². The van der Waals surface area contributed by atoms with Crippen molar-refractivity contribution in [3.05, 3.63) is 0 Å². The van der Waals surface area contributed by atoms with E-state index in [1.807, 2.05) is 0 Å². The molecular weight excluding hydrogens is 100 g/mol. The average Bonchev–Trinajstić information content (AvgIpc) is 1.64. The Hall–Kier alpha value is -0.0400. The second kappa shape index (κ2) is 2.49. The van der Waals surface area contributed by atoms with Gasteiger partial charge in [0.25, 0.3) is 0 Å². The highest BCUT2D eigenvalue weighted by atomic mass is 16.3. The maximum absolute atomic E-state index is 9.08. The minimum atomic E-state index is 0.0127. The fourth-order valence-electron chi connectivity index (χ4n) is 1.40. The summed E-state index contributed by atoms with van der Waals surface area (Å²) in [7, 11) is 0. The lowest BCUT2D eigenvalue weighted by Crippen LogP contribution is -2.16. The Morgan fingerprint density at radius 2 is 2.12 bits per heavy atom. The van der Waals surface area contributed by atoms with Crippen LogP contribution in [0.1, 0.15) is 32.6 Å². The summed E-state index contributed by atoms with van der Waals surface area (Å²) in [5.41, 5.74) is 0. The first-order chi connectivity index (χ1) is 3.79. The van der Waals surface area contributed by atoms with E-state index in [-0.39, 0.29) is 6.10 Å². The van der Waals surface area contributed by atoms with E-state index in [2.05, 4.69) is 6.92 Å². The second-order valence-electron chi connectivity index (χ2n) is 2.93. The first-order valence-electron chi connectivity index (χ1n) is 3.47. The van der Waals surface area contributed by atoms with Crippen molar-refractivity contribution < 1.29 is 5.11 Å². The first-order valence-corrected chi connectivity index (χ1v) is 3.47. The smallest absolute Gasteiger partial charge is 0.0542 e. The summed E-state index contributed by atoms with van der Waals surface area (Å²) in [6.45, 7) is 2.21. The predicted octanol–water partition coefficient (Wildman–Crippen LogP) is 1.56. The van der Waals surface area contributed by atoms with Crippen molar-refractivity contribution in [1.29, 1.82) is 0 Å². The third-order valence-corrected chi connectivity index (χ3v) is 1.91. The van der Waals surface area contributed by atoms with Crippen LogP contribution in [0.3, 0.4) is 0 Å². The lowest BCUT2D eigenvalue weighted by molar-refractivity contribution is 0.106. The minimum Gasteiger partial charge on any atom is -0.393 e. The summed E-state index contributed by atoms with van der Waals surface area (Å²) < 4.78 is 0. The molecule has 1 fully saturated rings. The Kier molecular flexibility index (Phi) is 1.90. The van der Waals surface area contributed by atoms with Crippen LogP contribution < -0.4 is 0 Å². The van der Waals surface area contributed by atoms with Crippen molar-refractivity contribution in [1.82, 2.24) is 0 Å². The average molecular weight is 114 g/mol. The van der Waals surface area contributed by atoms with Gasteiger partial charge in [-0.3, -0.25) is 0 Å². The third-order valence-electron chi connectivity index (χ3n) is 1.91. The Balaban J connectivity index is 2.23. The molecule has 1 N–H and O–H groups in total. The van der Waals surface area contributed by atoms with Gasteiger partial charge in [0.05, 0.1) is 6.10 Å². The van der Waals surface area contributed by atoms with Crippen LogP contribution in [-0.4, -0.2) is 11.2 Å². The Morgan fingerprint density at radius 1 is 1.38 bits per heavy atom. The molecule has 1 heteroatoms. The molecular formula is C7H14O. The van der Waals surface area contributed by atoms with E-state index < -0.39 is 0 Å². The Morgan fingerprint density at radius 3 is 2.50 bits per heavy atom. The van der Waals surface area contributed by atoms with E-state index in [0.717, 1.165) is 18.8 Å². The molecule has 48 valence electrons. The van der Waals surface area contributed by atoms with E-state index >= 15 is 0 Å². The van der Waals surface area contributed by atoms with Gasteiger partial charge in [-0.2, -0.15) is 0 Å². The van der Waals surface area contributed by atoms with Crippen molar-refractivity contribution in [3.63, 3.8) is 0 Å². The maximum atomic E-state index is 9.08. The molecule has 0 bridgehead atoms. The lowest BCUT2D eigenvalue weighted by Gasteiger charge is -2.21. The number of aliphatic hydroxyl groups excluding tert-OH is 1. The van der Waals surface area contributed by atoms with Crippen LogP contribution in [0, 0.1) is 5.92 Å². The first kappa shape index (κ1) is 6.09. The molecule has 0 aliphatic heterocycles. The molecule has 1 rings (SSSR count). The third kappa shape index (κ3) is 1.48. The van der Waals surface area contributed by atoms with Crippen molar-refractivity contribution in [2.24, 2.45) is 5.92 Å². The largest absolute Gasteiger partial charge is 0.393 e. The monoisotopic (exact) mass is 114 g/mol. The van der Waals surface area contributed by atoms with Gasteiger partial charge in [0, 0.05) is 0 Å². The van der Waals surface area contributed by atoms with E-state index in [1.165, 1.54) is 12.8 Å².